The summed E-state index contributed by atoms with van der Waals surface area (Å²) in [6.45, 7) is 17.9. The Morgan fingerprint density at radius 2 is 1.22 bits per heavy atom. The molecule has 3 heteroatoms. The van der Waals surface area contributed by atoms with E-state index < -0.39 is 0 Å². The van der Waals surface area contributed by atoms with Gasteiger partial charge in [-0.2, -0.15) is 6.08 Å². The molecule has 0 aliphatic heterocycles. The normalized spacial score (nSPS) is 12.3. The number of fused-ring (bicyclic) bond motifs is 3. The van der Waals surface area contributed by atoms with Crippen molar-refractivity contribution in [2.75, 3.05) is 0 Å². The number of hydrogen-bond donors (Lipinski definition) is 0. The van der Waals surface area contributed by atoms with Gasteiger partial charge in [0.25, 0.3) is 0 Å². The molecule has 3 aromatic rings. The molecule has 0 spiro atoms. The molecule has 0 atom stereocenters. The third-order valence-corrected chi connectivity index (χ3v) is 5.02. The predicted molar refractivity (Wildman–Crippen MR) is 132 cm³/mol. The molecule has 0 saturated carbocycles. The zero-order chi connectivity index (χ0) is 22.5. The molecule has 0 fully saturated rings. The zero-order valence-electron chi connectivity index (χ0n) is 20.7. The number of rotatable bonds is 0. The summed E-state index contributed by atoms with van der Waals surface area (Å²) in [5.41, 5.74) is 3.21. The monoisotopic (exact) mass is 512 g/mol. The maximum Gasteiger partial charge on any atom is -0.109 e. The minimum atomic E-state index is 0. The summed E-state index contributed by atoms with van der Waals surface area (Å²) in [4.78, 5) is 0. The SMILES string of the molecule is CC(C)(C)c1ccc2c(c1)[cH-]c1cc(C(C)(C)C)ccc12.C[C](C)=[Zr+2].[C-]1=CC=CC1.[F-].[F-]. The van der Waals surface area contributed by atoms with Gasteiger partial charge in [-0.05, 0) is 10.8 Å². The minimum absolute atomic E-state index is 0. The molecule has 0 N–H and O–H groups in total. The first kappa shape index (κ1) is 30.4. The van der Waals surface area contributed by atoms with Crippen LogP contribution < -0.4 is 9.41 Å². The van der Waals surface area contributed by atoms with Gasteiger partial charge in [0.1, 0.15) is 0 Å². The Hall–Kier alpha value is -1.60. The predicted octanol–water partition coefficient (Wildman–Crippen LogP) is 2.37. The smallest absolute Gasteiger partial charge is 0.109 e. The molecule has 3 aromatic carbocycles. The maximum atomic E-state index is 2.99. The van der Waals surface area contributed by atoms with Crippen LogP contribution in [0.2, 0.25) is 0 Å². The number of hydrogen-bond acceptors (Lipinski definition) is 0. The second-order valence-corrected chi connectivity index (χ2v) is 12.7. The van der Waals surface area contributed by atoms with Gasteiger partial charge in [-0.1, -0.05) is 76.9 Å². The largest absolute Gasteiger partial charge is 1.00 e. The Balaban J connectivity index is 0.000000739. The Morgan fingerprint density at radius 1 is 0.812 bits per heavy atom. The first-order chi connectivity index (χ1) is 13.9. The standard InChI is InChI=1S/C21H25.C5H5.C3H6.2FH.Zr/c1-20(2,3)16-7-9-18-14(12-16)11-15-13-17(21(4,5)6)8-10-19(15)18;1-2-4-5-3-1;1-3-2;;;/h7-13H,1-6H3;1-3H,4H2;1-2H3;2*1H;/q2*-1;;;;+2/p-2. The summed E-state index contributed by atoms with van der Waals surface area (Å²) in [6, 6.07) is 16.2. The van der Waals surface area contributed by atoms with Crippen LogP contribution in [-0.2, 0) is 35.1 Å². The Bertz CT molecular complexity index is 988. The van der Waals surface area contributed by atoms with Crippen LogP contribution in [0.5, 0.6) is 0 Å². The van der Waals surface area contributed by atoms with Crippen molar-refractivity contribution in [2.45, 2.75) is 72.6 Å². The van der Waals surface area contributed by atoms with Gasteiger partial charge in [0.05, 0.1) is 0 Å². The van der Waals surface area contributed by atoms with Crippen molar-refractivity contribution in [3.05, 3.63) is 77.9 Å². The molecule has 0 bridgehead atoms. The molecule has 4 rings (SSSR count). The van der Waals surface area contributed by atoms with Crippen LogP contribution >= 0.6 is 0 Å². The molecule has 1 aliphatic carbocycles. The molecular weight excluding hydrogens is 478 g/mol. The first-order valence-corrected chi connectivity index (χ1v) is 12.0. The maximum absolute atomic E-state index is 2.99. The van der Waals surface area contributed by atoms with Crippen molar-refractivity contribution in [3.8, 4) is 0 Å². The fourth-order valence-electron chi connectivity index (χ4n) is 3.30. The van der Waals surface area contributed by atoms with E-state index in [9.17, 15) is 0 Å². The van der Waals surface area contributed by atoms with E-state index in [2.05, 4.69) is 110 Å². The summed E-state index contributed by atoms with van der Waals surface area (Å²) >= 11 is 1.55. The van der Waals surface area contributed by atoms with Crippen LogP contribution in [0.4, 0.5) is 0 Å². The summed E-state index contributed by atoms with van der Waals surface area (Å²) in [5, 5.41) is 5.48. The van der Waals surface area contributed by atoms with Gasteiger partial charge < -0.3 is 9.41 Å². The molecule has 32 heavy (non-hydrogen) atoms. The third-order valence-electron chi connectivity index (χ3n) is 5.02. The van der Waals surface area contributed by atoms with Crippen LogP contribution in [0, 0.1) is 6.08 Å². The Morgan fingerprint density at radius 3 is 1.47 bits per heavy atom. The van der Waals surface area contributed by atoms with Gasteiger partial charge in [0.15, 0.2) is 0 Å². The van der Waals surface area contributed by atoms with E-state index in [0.717, 1.165) is 6.42 Å². The fourth-order valence-corrected chi connectivity index (χ4v) is 3.30. The molecule has 1 aliphatic rings. The van der Waals surface area contributed by atoms with E-state index in [0.29, 0.717) is 0 Å². The van der Waals surface area contributed by atoms with Gasteiger partial charge in [0, 0.05) is 0 Å². The topological polar surface area (TPSA) is 0 Å². The fraction of sp³-hybridized carbons (Fsp3) is 0.379. The first-order valence-electron chi connectivity index (χ1n) is 10.8. The van der Waals surface area contributed by atoms with Gasteiger partial charge >= 0.3 is 41.3 Å². The summed E-state index contributed by atoms with van der Waals surface area (Å²) in [5.74, 6) is 0. The van der Waals surface area contributed by atoms with Crippen LogP contribution in [0.25, 0.3) is 21.5 Å². The van der Waals surface area contributed by atoms with Crippen molar-refractivity contribution in [2.24, 2.45) is 0 Å². The van der Waals surface area contributed by atoms with Crippen LogP contribution in [0.3, 0.4) is 0 Å². The minimum Gasteiger partial charge on any atom is -1.00 e. The molecule has 0 radical (unpaired) electrons. The second kappa shape index (κ2) is 12.6. The van der Waals surface area contributed by atoms with Gasteiger partial charge in [0.2, 0.25) is 0 Å². The summed E-state index contributed by atoms with van der Waals surface area (Å²) in [6.07, 6.45) is 10.0. The van der Waals surface area contributed by atoms with Gasteiger partial charge in [-0.25, -0.2) is 12.2 Å². The molecule has 0 heterocycles. The van der Waals surface area contributed by atoms with E-state index in [1.807, 2.05) is 12.2 Å². The van der Waals surface area contributed by atoms with E-state index in [-0.39, 0.29) is 20.2 Å². The van der Waals surface area contributed by atoms with Crippen molar-refractivity contribution < 1.29 is 33.6 Å². The van der Waals surface area contributed by atoms with Crippen LogP contribution in [-0.4, -0.2) is 3.21 Å². The molecule has 0 saturated heterocycles. The Kier molecular flexibility index (Phi) is 12.0. The number of allylic oxidation sites excluding steroid dienone is 4. The zero-order valence-corrected chi connectivity index (χ0v) is 23.2. The molecular formula is C29H36F2Zr-2. The number of benzene rings is 2. The molecule has 0 unspecified atom stereocenters. The van der Waals surface area contributed by atoms with Crippen molar-refractivity contribution >= 4 is 24.8 Å². The summed E-state index contributed by atoms with van der Waals surface area (Å²) in [7, 11) is 0. The molecule has 172 valence electrons. The molecule has 0 nitrogen and oxygen atoms in total. The second-order valence-electron chi connectivity index (χ2n) is 10.3. The quantitative estimate of drug-likeness (QED) is 0.405. The van der Waals surface area contributed by atoms with Crippen molar-refractivity contribution in [3.63, 3.8) is 0 Å². The average molecular weight is 514 g/mol. The number of halogens is 2. The van der Waals surface area contributed by atoms with Gasteiger partial charge in [-0.3, -0.25) is 6.08 Å². The van der Waals surface area contributed by atoms with Crippen LogP contribution in [0.1, 0.15) is 72.9 Å². The van der Waals surface area contributed by atoms with Crippen molar-refractivity contribution in [1.29, 1.82) is 0 Å². The van der Waals surface area contributed by atoms with E-state index in [1.54, 1.807) is 24.2 Å². The van der Waals surface area contributed by atoms with Crippen molar-refractivity contribution in [1.82, 2.24) is 0 Å². The third kappa shape index (κ3) is 8.74. The molecule has 0 amide bonds. The van der Waals surface area contributed by atoms with E-state index in [1.165, 1.54) is 35.9 Å². The van der Waals surface area contributed by atoms with E-state index >= 15 is 0 Å². The Labute approximate surface area is 208 Å². The van der Waals surface area contributed by atoms with E-state index in [4.69, 9.17) is 0 Å². The van der Waals surface area contributed by atoms with Crippen LogP contribution in [0.15, 0.2) is 60.7 Å². The molecule has 0 aromatic heterocycles. The summed E-state index contributed by atoms with van der Waals surface area (Å²) < 4.78 is 1.51. The van der Waals surface area contributed by atoms with Gasteiger partial charge in [-0.15, -0.1) is 46.2 Å². The average Bonchev–Trinajstić information content (AvgIpc) is 3.30.